The average molecular weight is 375 g/mol. The molecule has 0 amide bonds. The Morgan fingerprint density at radius 2 is 1.31 bits per heavy atom. The van der Waals surface area contributed by atoms with Crippen LogP contribution in [0.2, 0.25) is 0 Å². The molecule has 1 fully saturated rings. The molecular weight excluding hydrogens is 332 g/mol. The van der Waals surface area contributed by atoms with Crippen molar-refractivity contribution in [2.75, 3.05) is 19.8 Å². The Kier molecular flexibility index (Phi) is 14.5. The summed E-state index contributed by atoms with van der Waals surface area (Å²) in [5.74, 6) is 0. The lowest BCUT2D eigenvalue weighted by Crippen LogP contribution is -2.55. The lowest BCUT2D eigenvalue weighted by molar-refractivity contribution is -0.210. The lowest BCUT2D eigenvalue weighted by Gasteiger charge is -2.37. The number of ether oxygens (including phenoxy) is 2. The molecule has 5 nitrogen and oxygen atoms in total. The van der Waals surface area contributed by atoms with E-state index in [1.54, 1.807) is 0 Å². The van der Waals surface area contributed by atoms with Crippen molar-refractivity contribution in [3.63, 3.8) is 0 Å². The minimum Gasteiger partial charge on any atom is -0.394 e. The van der Waals surface area contributed by atoms with Gasteiger partial charge in [-0.1, -0.05) is 84.0 Å². The fourth-order valence-corrected chi connectivity index (χ4v) is 3.56. The molecule has 156 valence electrons. The summed E-state index contributed by atoms with van der Waals surface area (Å²) in [5, 5.41) is 29.0. The first kappa shape index (κ1) is 23.8. The lowest BCUT2D eigenvalue weighted by atomic mass is 10.0. The summed E-state index contributed by atoms with van der Waals surface area (Å²) in [7, 11) is 0. The Morgan fingerprint density at radius 3 is 1.81 bits per heavy atom. The second kappa shape index (κ2) is 15.8. The van der Waals surface area contributed by atoms with Gasteiger partial charge in [-0.25, -0.2) is 0 Å². The van der Waals surface area contributed by atoms with Gasteiger partial charge in [0.2, 0.25) is 0 Å². The Labute approximate surface area is 160 Å². The van der Waals surface area contributed by atoms with Crippen molar-refractivity contribution < 1.29 is 24.8 Å². The van der Waals surface area contributed by atoms with E-state index in [1.807, 2.05) is 0 Å². The standard InChI is InChI=1S/C21H42O5/c1-2-3-4-5-6-7-8-9-10-11-12-13-14-15-25-21-18(23)17-26-19(16-22)20(21)24/h18-24H,2-17H2,1H3/t18-,19+,20+,21+/m0/s1. The Morgan fingerprint density at radius 1 is 0.808 bits per heavy atom. The molecule has 26 heavy (non-hydrogen) atoms. The molecule has 0 spiro atoms. The van der Waals surface area contributed by atoms with Gasteiger partial charge in [0, 0.05) is 6.61 Å². The maximum absolute atomic E-state index is 10.0. The van der Waals surface area contributed by atoms with Crippen LogP contribution in [-0.2, 0) is 9.47 Å². The van der Waals surface area contributed by atoms with Crippen LogP contribution in [0.3, 0.4) is 0 Å². The third-order valence-corrected chi connectivity index (χ3v) is 5.32. The number of unbranched alkanes of at least 4 members (excludes halogenated alkanes) is 12. The highest BCUT2D eigenvalue weighted by Gasteiger charge is 2.38. The minimum atomic E-state index is -0.967. The Hall–Kier alpha value is -0.200. The van der Waals surface area contributed by atoms with E-state index in [2.05, 4.69) is 6.92 Å². The van der Waals surface area contributed by atoms with Gasteiger partial charge in [-0.15, -0.1) is 0 Å². The predicted molar refractivity (Wildman–Crippen MR) is 104 cm³/mol. The van der Waals surface area contributed by atoms with E-state index in [-0.39, 0.29) is 13.2 Å². The highest BCUT2D eigenvalue weighted by atomic mass is 16.6. The van der Waals surface area contributed by atoms with Crippen LogP contribution >= 0.6 is 0 Å². The molecule has 1 heterocycles. The molecule has 3 N–H and O–H groups in total. The van der Waals surface area contributed by atoms with E-state index in [0.29, 0.717) is 6.61 Å². The zero-order chi connectivity index (χ0) is 19.0. The maximum Gasteiger partial charge on any atom is 0.114 e. The van der Waals surface area contributed by atoms with Crippen LogP contribution in [0.1, 0.15) is 90.4 Å². The zero-order valence-corrected chi connectivity index (χ0v) is 16.8. The van der Waals surface area contributed by atoms with Gasteiger partial charge in [-0.2, -0.15) is 0 Å². The Bertz CT molecular complexity index is 313. The smallest absolute Gasteiger partial charge is 0.114 e. The second-order valence-electron chi connectivity index (χ2n) is 7.69. The van der Waals surface area contributed by atoms with Gasteiger partial charge in [-0.3, -0.25) is 0 Å². The van der Waals surface area contributed by atoms with E-state index in [9.17, 15) is 10.2 Å². The van der Waals surface area contributed by atoms with Crippen molar-refractivity contribution in [2.24, 2.45) is 0 Å². The monoisotopic (exact) mass is 374 g/mol. The maximum atomic E-state index is 10.0. The molecule has 1 aliphatic rings. The normalized spacial score (nSPS) is 26.3. The van der Waals surface area contributed by atoms with Crippen molar-refractivity contribution in [1.82, 2.24) is 0 Å². The summed E-state index contributed by atoms with van der Waals surface area (Å²) in [6.45, 7) is 2.64. The van der Waals surface area contributed by atoms with E-state index in [0.717, 1.165) is 12.8 Å². The molecule has 1 aliphatic heterocycles. The highest BCUT2D eigenvalue weighted by Crippen LogP contribution is 2.19. The number of rotatable bonds is 16. The van der Waals surface area contributed by atoms with Gasteiger partial charge < -0.3 is 24.8 Å². The first-order valence-corrected chi connectivity index (χ1v) is 10.9. The molecule has 5 heteroatoms. The number of aliphatic hydroxyl groups is 3. The fourth-order valence-electron chi connectivity index (χ4n) is 3.56. The Balaban J connectivity index is 1.88. The largest absolute Gasteiger partial charge is 0.394 e. The summed E-state index contributed by atoms with van der Waals surface area (Å²) < 4.78 is 10.8. The molecule has 0 saturated carbocycles. The highest BCUT2D eigenvalue weighted by molar-refractivity contribution is 4.87. The molecule has 0 radical (unpaired) electrons. The topological polar surface area (TPSA) is 79.2 Å². The molecule has 4 atom stereocenters. The van der Waals surface area contributed by atoms with Crippen LogP contribution in [-0.4, -0.2) is 59.6 Å². The fraction of sp³-hybridized carbons (Fsp3) is 1.00. The molecule has 0 aliphatic carbocycles. The van der Waals surface area contributed by atoms with E-state index >= 15 is 0 Å². The van der Waals surface area contributed by atoms with Crippen LogP contribution in [0.5, 0.6) is 0 Å². The van der Waals surface area contributed by atoms with Crippen LogP contribution in [0, 0.1) is 0 Å². The summed E-state index contributed by atoms with van der Waals surface area (Å²) in [5.41, 5.74) is 0. The van der Waals surface area contributed by atoms with Crippen LogP contribution in [0.4, 0.5) is 0 Å². The first-order chi connectivity index (χ1) is 12.7. The van der Waals surface area contributed by atoms with Crippen molar-refractivity contribution in [3.8, 4) is 0 Å². The summed E-state index contributed by atoms with van der Waals surface area (Å²) in [6, 6.07) is 0. The molecule has 1 saturated heterocycles. The molecule has 0 aromatic carbocycles. The van der Waals surface area contributed by atoms with Gasteiger partial charge in [0.25, 0.3) is 0 Å². The molecule has 0 aromatic heterocycles. The zero-order valence-electron chi connectivity index (χ0n) is 16.8. The molecular formula is C21H42O5. The van der Waals surface area contributed by atoms with Crippen molar-refractivity contribution in [2.45, 2.75) is 115 Å². The second-order valence-corrected chi connectivity index (χ2v) is 7.69. The van der Waals surface area contributed by atoms with Crippen LogP contribution in [0.25, 0.3) is 0 Å². The predicted octanol–water partition coefficient (Wildman–Crippen LogP) is 3.58. The van der Waals surface area contributed by atoms with Gasteiger partial charge in [-0.05, 0) is 6.42 Å². The quantitative estimate of drug-likeness (QED) is 0.360. The van der Waals surface area contributed by atoms with E-state index < -0.39 is 24.4 Å². The third kappa shape index (κ3) is 10.2. The molecule has 0 unspecified atom stereocenters. The van der Waals surface area contributed by atoms with E-state index in [4.69, 9.17) is 14.6 Å². The van der Waals surface area contributed by atoms with Crippen molar-refractivity contribution >= 4 is 0 Å². The van der Waals surface area contributed by atoms with Gasteiger partial charge in [0.1, 0.15) is 24.4 Å². The SMILES string of the molecule is CCCCCCCCCCCCCCCO[C@H]1[C@H](O)[C@@H](CO)OC[C@@H]1O. The molecule has 0 aromatic rings. The minimum absolute atomic E-state index is 0.103. The van der Waals surface area contributed by atoms with Crippen molar-refractivity contribution in [3.05, 3.63) is 0 Å². The summed E-state index contributed by atoms with van der Waals surface area (Å²) in [6.07, 6.45) is 13.8. The van der Waals surface area contributed by atoms with Gasteiger partial charge >= 0.3 is 0 Å². The van der Waals surface area contributed by atoms with Gasteiger partial charge in [0.05, 0.1) is 13.2 Å². The third-order valence-electron chi connectivity index (χ3n) is 5.32. The van der Waals surface area contributed by atoms with Gasteiger partial charge in [0.15, 0.2) is 0 Å². The summed E-state index contributed by atoms with van der Waals surface area (Å²) in [4.78, 5) is 0. The van der Waals surface area contributed by atoms with Crippen molar-refractivity contribution in [1.29, 1.82) is 0 Å². The molecule has 0 bridgehead atoms. The van der Waals surface area contributed by atoms with E-state index in [1.165, 1.54) is 70.6 Å². The number of hydrogen-bond donors (Lipinski definition) is 3. The number of hydrogen-bond acceptors (Lipinski definition) is 5. The first-order valence-electron chi connectivity index (χ1n) is 10.9. The summed E-state index contributed by atoms with van der Waals surface area (Å²) >= 11 is 0. The average Bonchev–Trinajstić information content (AvgIpc) is 2.64. The van der Waals surface area contributed by atoms with Crippen LogP contribution < -0.4 is 0 Å². The number of aliphatic hydroxyl groups excluding tert-OH is 3. The molecule has 1 rings (SSSR count). The van der Waals surface area contributed by atoms with Crippen LogP contribution in [0.15, 0.2) is 0 Å².